The van der Waals surface area contributed by atoms with Crippen molar-refractivity contribution in [3.8, 4) is 11.5 Å². The summed E-state index contributed by atoms with van der Waals surface area (Å²) in [4.78, 5) is 0. The van der Waals surface area contributed by atoms with Crippen LogP contribution in [0, 0.1) is 0 Å². The molecule has 0 amide bonds. The van der Waals surface area contributed by atoms with Crippen LogP contribution >= 0.6 is 0 Å². The van der Waals surface area contributed by atoms with E-state index in [1.165, 1.54) is 7.11 Å². The molecule has 1 aliphatic rings. The number of aliphatic hydroxyl groups is 3. The zero-order chi connectivity index (χ0) is 14.7. The van der Waals surface area contributed by atoms with Gasteiger partial charge in [-0.3, -0.25) is 0 Å². The first-order valence-electron chi connectivity index (χ1n) is 6.14. The van der Waals surface area contributed by atoms with E-state index in [2.05, 4.69) is 0 Å². The average Bonchev–Trinajstić information content (AvgIpc) is 2.48. The molecule has 0 aliphatic carbocycles. The number of hydrogen-bond acceptors (Lipinski definition) is 6. The van der Waals surface area contributed by atoms with Gasteiger partial charge in [0.1, 0.15) is 29.8 Å². The molecule has 1 saturated heterocycles. The minimum Gasteiger partial charge on any atom is -0.497 e. The summed E-state index contributed by atoms with van der Waals surface area (Å²) in [5.74, 6) is 0.932. The standard InChI is InChI=1S/C13H17FO6/c1-18-7-2-4-8(5-3-7)19-13-10(14)12(17)11(16)9(6-15)20-13/h2-5,9-13,15-17H,6H2,1H3/t9-,10-,11-,12-,13+/m1/s1. The Morgan fingerprint density at radius 2 is 1.75 bits per heavy atom. The van der Waals surface area contributed by atoms with Gasteiger partial charge in [0.15, 0.2) is 6.17 Å². The number of alkyl halides is 1. The predicted octanol–water partition coefficient (Wildman–Crippen LogP) is -0.149. The van der Waals surface area contributed by atoms with Crippen molar-refractivity contribution in [3.63, 3.8) is 0 Å². The van der Waals surface area contributed by atoms with Crippen LogP contribution in [0.3, 0.4) is 0 Å². The van der Waals surface area contributed by atoms with E-state index < -0.39 is 37.4 Å². The van der Waals surface area contributed by atoms with Gasteiger partial charge < -0.3 is 29.5 Å². The Kier molecular flexibility index (Phi) is 4.77. The third-order valence-corrected chi connectivity index (χ3v) is 3.12. The quantitative estimate of drug-likeness (QED) is 0.714. The molecule has 0 aromatic heterocycles. The largest absolute Gasteiger partial charge is 0.497 e. The number of halogens is 1. The summed E-state index contributed by atoms with van der Waals surface area (Å²) in [5.41, 5.74) is 0. The zero-order valence-corrected chi connectivity index (χ0v) is 10.8. The molecule has 5 atom stereocenters. The molecule has 1 aromatic rings. The van der Waals surface area contributed by atoms with Gasteiger partial charge in [-0.1, -0.05) is 0 Å². The molecular formula is C13H17FO6. The van der Waals surface area contributed by atoms with Crippen LogP contribution in [-0.2, 0) is 4.74 Å². The lowest BCUT2D eigenvalue weighted by Gasteiger charge is -2.38. The normalized spacial score (nSPS) is 33.8. The Bertz CT molecular complexity index is 423. The number of hydrogen-bond donors (Lipinski definition) is 3. The van der Waals surface area contributed by atoms with Crippen molar-refractivity contribution in [2.45, 2.75) is 30.8 Å². The molecule has 6 nitrogen and oxygen atoms in total. The zero-order valence-electron chi connectivity index (χ0n) is 10.8. The molecule has 0 bridgehead atoms. The van der Waals surface area contributed by atoms with Crippen molar-refractivity contribution in [3.05, 3.63) is 24.3 Å². The molecule has 20 heavy (non-hydrogen) atoms. The Hall–Kier alpha value is -1.41. The molecule has 0 unspecified atom stereocenters. The predicted molar refractivity (Wildman–Crippen MR) is 66.3 cm³/mol. The summed E-state index contributed by atoms with van der Waals surface area (Å²) in [6.45, 7) is -0.548. The van der Waals surface area contributed by atoms with Crippen molar-refractivity contribution < 1.29 is 33.9 Å². The first kappa shape index (κ1) is 15.0. The van der Waals surface area contributed by atoms with Crippen LogP contribution in [0.5, 0.6) is 11.5 Å². The van der Waals surface area contributed by atoms with Crippen LogP contribution in [0.1, 0.15) is 0 Å². The van der Waals surface area contributed by atoms with Crippen molar-refractivity contribution in [1.29, 1.82) is 0 Å². The lowest BCUT2D eigenvalue weighted by Crippen LogP contribution is -2.58. The fourth-order valence-corrected chi connectivity index (χ4v) is 1.93. The van der Waals surface area contributed by atoms with Crippen molar-refractivity contribution in [2.24, 2.45) is 0 Å². The smallest absolute Gasteiger partial charge is 0.234 e. The maximum absolute atomic E-state index is 13.9. The van der Waals surface area contributed by atoms with E-state index in [4.69, 9.17) is 19.3 Å². The van der Waals surface area contributed by atoms with Gasteiger partial charge in [0.05, 0.1) is 13.7 Å². The van der Waals surface area contributed by atoms with Gasteiger partial charge in [-0.15, -0.1) is 0 Å². The average molecular weight is 288 g/mol. The number of aliphatic hydroxyl groups excluding tert-OH is 3. The number of benzene rings is 1. The molecule has 112 valence electrons. The number of ether oxygens (including phenoxy) is 3. The van der Waals surface area contributed by atoms with E-state index in [-0.39, 0.29) is 0 Å². The van der Waals surface area contributed by atoms with Gasteiger partial charge in [-0.2, -0.15) is 0 Å². The SMILES string of the molecule is COc1ccc(O[C@H]2O[C@H](CO)[C@@H](O)[C@H](O)[C@H]2F)cc1. The summed E-state index contributed by atoms with van der Waals surface area (Å²) in [6.07, 6.45) is -7.59. The summed E-state index contributed by atoms with van der Waals surface area (Å²) in [6, 6.07) is 6.36. The lowest BCUT2D eigenvalue weighted by atomic mass is 10.0. The molecule has 1 aromatic carbocycles. The second kappa shape index (κ2) is 6.36. The molecular weight excluding hydrogens is 271 g/mol. The third-order valence-electron chi connectivity index (χ3n) is 3.12. The Balaban J connectivity index is 2.06. The third kappa shape index (κ3) is 3.01. The fraction of sp³-hybridized carbons (Fsp3) is 0.538. The van der Waals surface area contributed by atoms with E-state index in [9.17, 15) is 14.6 Å². The molecule has 0 spiro atoms. The number of rotatable bonds is 4. The second-order valence-corrected chi connectivity index (χ2v) is 4.44. The Morgan fingerprint density at radius 3 is 2.30 bits per heavy atom. The van der Waals surface area contributed by atoms with Gasteiger partial charge in [0.2, 0.25) is 6.29 Å². The van der Waals surface area contributed by atoms with Gasteiger partial charge in [-0.25, -0.2) is 4.39 Å². The van der Waals surface area contributed by atoms with Crippen molar-refractivity contribution >= 4 is 0 Å². The highest BCUT2D eigenvalue weighted by molar-refractivity contribution is 5.31. The van der Waals surface area contributed by atoms with E-state index in [0.29, 0.717) is 11.5 Å². The molecule has 1 heterocycles. The Labute approximate surface area is 115 Å². The van der Waals surface area contributed by atoms with Crippen LogP contribution in [0.2, 0.25) is 0 Å². The lowest BCUT2D eigenvalue weighted by molar-refractivity contribution is -0.261. The second-order valence-electron chi connectivity index (χ2n) is 4.44. The summed E-state index contributed by atoms with van der Waals surface area (Å²) >= 11 is 0. The fourth-order valence-electron chi connectivity index (χ4n) is 1.93. The maximum Gasteiger partial charge on any atom is 0.234 e. The molecule has 0 radical (unpaired) electrons. The molecule has 3 N–H and O–H groups in total. The summed E-state index contributed by atoms with van der Waals surface area (Å²) in [5, 5.41) is 28.1. The Morgan fingerprint density at radius 1 is 1.15 bits per heavy atom. The molecule has 2 rings (SSSR count). The minimum absolute atomic E-state index is 0.318. The monoisotopic (exact) mass is 288 g/mol. The van der Waals surface area contributed by atoms with Crippen LogP contribution in [-0.4, -0.2) is 59.8 Å². The van der Waals surface area contributed by atoms with Crippen LogP contribution in [0.25, 0.3) is 0 Å². The minimum atomic E-state index is -1.92. The highest BCUT2D eigenvalue weighted by atomic mass is 19.1. The van der Waals surface area contributed by atoms with E-state index >= 15 is 0 Å². The van der Waals surface area contributed by atoms with E-state index in [1.54, 1.807) is 24.3 Å². The van der Waals surface area contributed by atoms with E-state index in [0.717, 1.165) is 0 Å². The first-order valence-corrected chi connectivity index (χ1v) is 6.14. The number of methoxy groups -OCH3 is 1. The highest BCUT2D eigenvalue weighted by Gasteiger charge is 2.45. The van der Waals surface area contributed by atoms with Gasteiger partial charge in [-0.05, 0) is 24.3 Å². The molecule has 0 saturated carbocycles. The molecule has 1 aliphatic heterocycles. The van der Waals surface area contributed by atoms with E-state index in [1.807, 2.05) is 0 Å². The summed E-state index contributed by atoms with van der Waals surface area (Å²) < 4.78 is 29.2. The summed E-state index contributed by atoms with van der Waals surface area (Å²) in [7, 11) is 1.52. The van der Waals surface area contributed by atoms with Gasteiger partial charge in [0, 0.05) is 0 Å². The van der Waals surface area contributed by atoms with Crippen molar-refractivity contribution in [1.82, 2.24) is 0 Å². The maximum atomic E-state index is 13.9. The van der Waals surface area contributed by atoms with Crippen LogP contribution in [0.4, 0.5) is 4.39 Å². The van der Waals surface area contributed by atoms with Crippen LogP contribution < -0.4 is 9.47 Å². The topological polar surface area (TPSA) is 88.4 Å². The molecule has 7 heteroatoms. The van der Waals surface area contributed by atoms with Gasteiger partial charge in [0.25, 0.3) is 0 Å². The van der Waals surface area contributed by atoms with Crippen LogP contribution in [0.15, 0.2) is 24.3 Å². The van der Waals surface area contributed by atoms with Crippen molar-refractivity contribution in [2.75, 3.05) is 13.7 Å². The molecule has 1 fully saturated rings. The first-order chi connectivity index (χ1) is 9.56. The highest BCUT2D eigenvalue weighted by Crippen LogP contribution is 2.27. The van der Waals surface area contributed by atoms with Gasteiger partial charge >= 0.3 is 0 Å².